The Kier molecular flexibility index (Phi) is 8.70. The zero-order chi connectivity index (χ0) is 15.7. The van der Waals surface area contributed by atoms with E-state index in [2.05, 4.69) is 42.9 Å². The van der Waals surface area contributed by atoms with Crippen molar-refractivity contribution in [1.29, 1.82) is 0 Å². The molecule has 1 N–H and O–H groups in total. The minimum Gasteiger partial charge on any atom is -0.370 e. The van der Waals surface area contributed by atoms with Crippen LogP contribution in [0.4, 0.5) is 5.82 Å². The molecule has 0 aliphatic heterocycles. The molecule has 1 aromatic heterocycles. The number of hydrogen-bond acceptors (Lipinski definition) is 3. The fraction of sp³-hybridized carbons (Fsp3) is 0.706. The van der Waals surface area contributed by atoms with Crippen molar-refractivity contribution in [2.24, 2.45) is 0 Å². The van der Waals surface area contributed by atoms with Gasteiger partial charge in [-0.2, -0.15) is 0 Å². The number of unbranched alkanes of at least 4 members (excludes halogenated alkanes) is 1. The number of anilines is 1. The lowest BCUT2D eigenvalue weighted by Crippen LogP contribution is -2.33. The summed E-state index contributed by atoms with van der Waals surface area (Å²) < 4.78 is 0. The molecule has 1 aromatic rings. The Morgan fingerprint density at radius 1 is 1.24 bits per heavy atom. The van der Waals surface area contributed by atoms with Crippen LogP contribution in [0.5, 0.6) is 0 Å². The van der Waals surface area contributed by atoms with Crippen LogP contribution in [-0.4, -0.2) is 29.0 Å². The van der Waals surface area contributed by atoms with Crippen molar-refractivity contribution in [1.82, 2.24) is 9.88 Å². The van der Waals surface area contributed by atoms with Crippen LogP contribution in [-0.2, 0) is 6.54 Å². The van der Waals surface area contributed by atoms with Crippen LogP contribution < -0.4 is 5.32 Å². The molecule has 1 rings (SSSR count). The van der Waals surface area contributed by atoms with Gasteiger partial charge in [-0.3, -0.25) is 4.90 Å². The Morgan fingerprint density at radius 3 is 2.62 bits per heavy atom. The summed E-state index contributed by atoms with van der Waals surface area (Å²) in [7, 11) is 0. The average molecular weight is 312 g/mol. The number of halogens is 1. The predicted molar refractivity (Wildman–Crippen MR) is 93.1 cm³/mol. The first-order valence-electron chi connectivity index (χ1n) is 8.25. The lowest BCUT2D eigenvalue weighted by Gasteiger charge is -2.28. The van der Waals surface area contributed by atoms with Crippen molar-refractivity contribution < 1.29 is 0 Å². The van der Waals surface area contributed by atoms with Gasteiger partial charge in [0.15, 0.2) is 0 Å². The summed E-state index contributed by atoms with van der Waals surface area (Å²) in [6.45, 7) is 11.8. The van der Waals surface area contributed by atoms with E-state index in [1.807, 2.05) is 12.1 Å². The third kappa shape index (κ3) is 6.23. The van der Waals surface area contributed by atoms with E-state index in [1.54, 1.807) is 0 Å². The highest BCUT2D eigenvalue weighted by Gasteiger charge is 2.15. The van der Waals surface area contributed by atoms with Gasteiger partial charge in [-0.1, -0.05) is 38.8 Å². The molecular weight excluding hydrogens is 282 g/mol. The molecule has 0 bridgehead atoms. The van der Waals surface area contributed by atoms with Crippen molar-refractivity contribution in [3.05, 3.63) is 22.8 Å². The van der Waals surface area contributed by atoms with Gasteiger partial charge >= 0.3 is 0 Å². The maximum absolute atomic E-state index is 6.34. The molecule has 0 saturated heterocycles. The minimum absolute atomic E-state index is 0.557. The largest absolute Gasteiger partial charge is 0.370 e. The van der Waals surface area contributed by atoms with Crippen molar-refractivity contribution in [3.8, 4) is 0 Å². The fourth-order valence-electron chi connectivity index (χ4n) is 2.21. The van der Waals surface area contributed by atoms with E-state index >= 15 is 0 Å². The molecule has 1 heterocycles. The molecule has 0 aromatic carbocycles. The Morgan fingerprint density at radius 2 is 2.00 bits per heavy atom. The fourth-order valence-corrected chi connectivity index (χ4v) is 2.38. The smallest absolute Gasteiger partial charge is 0.126 e. The highest BCUT2D eigenvalue weighted by molar-refractivity contribution is 6.31. The summed E-state index contributed by atoms with van der Waals surface area (Å²) in [4.78, 5) is 7.18. The number of pyridine rings is 1. The molecule has 0 fully saturated rings. The van der Waals surface area contributed by atoms with E-state index < -0.39 is 0 Å². The molecule has 21 heavy (non-hydrogen) atoms. The van der Waals surface area contributed by atoms with Crippen molar-refractivity contribution in [2.45, 2.75) is 66.0 Å². The molecule has 0 spiro atoms. The molecule has 1 atom stereocenters. The van der Waals surface area contributed by atoms with E-state index in [1.165, 1.54) is 12.8 Å². The predicted octanol–water partition coefficient (Wildman–Crippen LogP) is 4.96. The third-order valence-corrected chi connectivity index (χ3v) is 4.18. The SMILES string of the molecule is CCCCN(Cc1nc(NCCC)ccc1Cl)C(C)CC. The zero-order valence-corrected chi connectivity index (χ0v) is 14.7. The van der Waals surface area contributed by atoms with Crippen LogP contribution in [0.1, 0.15) is 59.1 Å². The molecule has 1 unspecified atom stereocenters. The van der Waals surface area contributed by atoms with Gasteiger partial charge in [-0.05, 0) is 44.9 Å². The van der Waals surface area contributed by atoms with Crippen LogP contribution in [0.3, 0.4) is 0 Å². The van der Waals surface area contributed by atoms with E-state index in [4.69, 9.17) is 11.6 Å². The van der Waals surface area contributed by atoms with Gasteiger partial charge in [-0.15, -0.1) is 0 Å². The molecule has 3 nitrogen and oxygen atoms in total. The molecule has 0 aliphatic carbocycles. The van der Waals surface area contributed by atoms with E-state index in [9.17, 15) is 0 Å². The number of hydrogen-bond donors (Lipinski definition) is 1. The van der Waals surface area contributed by atoms with Crippen molar-refractivity contribution in [2.75, 3.05) is 18.4 Å². The molecule has 4 heteroatoms. The number of rotatable bonds is 10. The summed E-state index contributed by atoms with van der Waals surface area (Å²) in [5.41, 5.74) is 0.981. The van der Waals surface area contributed by atoms with E-state index in [0.717, 1.165) is 49.0 Å². The van der Waals surface area contributed by atoms with Crippen molar-refractivity contribution >= 4 is 17.4 Å². The zero-order valence-electron chi connectivity index (χ0n) is 14.0. The molecule has 0 aliphatic rings. The van der Waals surface area contributed by atoms with Gasteiger partial charge in [0.25, 0.3) is 0 Å². The van der Waals surface area contributed by atoms with Crippen LogP contribution >= 0.6 is 11.6 Å². The van der Waals surface area contributed by atoms with Gasteiger partial charge in [-0.25, -0.2) is 4.98 Å². The topological polar surface area (TPSA) is 28.2 Å². The Labute approximate surface area is 135 Å². The van der Waals surface area contributed by atoms with Gasteiger partial charge in [0.1, 0.15) is 5.82 Å². The quantitative estimate of drug-likeness (QED) is 0.662. The summed E-state index contributed by atoms with van der Waals surface area (Å²) in [6, 6.07) is 4.47. The molecule has 0 saturated carbocycles. The van der Waals surface area contributed by atoms with Crippen LogP contribution in [0, 0.1) is 0 Å². The second-order valence-corrected chi connectivity index (χ2v) is 6.04. The van der Waals surface area contributed by atoms with Gasteiger partial charge in [0.2, 0.25) is 0 Å². The molecule has 0 amide bonds. The van der Waals surface area contributed by atoms with Crippen LogP contribution in [0.25, 0.3) is 0 Å². The Bertz CT molecular complexity index is 409. The first-order valence-corrected chi connectivity index (χ1v) is 8.63. The van der Waals surface area contributed by atoms with E-state index in [-0.39, 0.29) is 0 Å². The molecule has 0 radical (unpaired) electrons. The third-order valence-electron chi connectivity index (χ3n) is 3.84. The number of nitrogens with zero attached hydrogens (tertiary/aromatic N) is 2. The lowest BCUT2D eigenvalue weighted by atomic mass is 10.2. The lowest BCUT2D eigenvalue weighted by molar-refractivity contribution is 0.190. The van der Waals surface area contributed by atoms with Crippen molar-refractivity contribution in [3.63, 3.8) is 0 Å². The summed E-state index contributed by atoms with van der Waals surface area (Å²) >= 11 is 6.34. The average Bonchev–Trinajstić information content (AvgIpc) is 2.50. The molecular formula is C17H30ClN3. The minimum atomic E-state index is 0.557. The number of nitrogens with one attached hydrogen (secondary N) is 1. The van der Waals surface area contributed by atoms with Crippen LogP contribution in [0.2, 0.25) is 5.02 Å². The standard InChI is InChI=1S/C17H30ClN3/c1-5-8-12-21(14(4)7-3)13-16-15(18)9-10-17(20-16)19-11-6-2/h9-10,14H,5-8,11-13H2,1-4H3,(H,19,20). The van der Waals surface area contributed by atoms with Crippen LogP contribution in [0.15, 0.2) is 12.1 Å². The maximum atomic E-state index is 6.34. The first-order chi connectivity index (χ1) is 10.1. The monoisotopic (exact) mass is 311 g/mol. The highest BCUT2D eigenvalue weighted by atomic mass is 35.5. The Balaban J connectivity index is 2.80. The summed E-state index contributed by atoms with van der Waals surface area (Å²) in [5.74, 6) is 0.927. The van der Waals surface area contributed by atoms with Gasteiger partial charge in [0, 0.05) is 19.1 Å². The Hall–Kier alpha value is -0.800. The molecule has 120 valence electrons. The van der Waals surface area contributed by atoms with E-state index in [0.29, 0.717) is 6.04 Å². The summed E-state index contributed by atoms with van der Waals surface area (Å²) in [6.07, 6.45) is 4.67. The van der Waals surface area contributed by atoms with Gasteiger partial charge in [0.05, 0.1) is 10.7 Å². The summed E-state index contributed by atoms with van der Waals surface area (Å²) in [5, 5.41) is 4.10. The van der Waals surface area contributed by atoms with Gasteiger partial charge < -0.3 is 5.32 Å². The second-order valence-electron chi connectivity index (χ2n) is 5.63. The first kappa shape index (κ1) is 18.2. The maximum Gasteiger partial charge on any atom is 0.126 e. The highest BCUT2D eigenvalue weighted by Crippen LogP contribution is 2.20. The normalized spacial score (nSPS) is 12.7. The number of aromatic nitrogens is 1. The second kappa shape index (κ2) is 10.0.